The summed E-state index contributed by atoms with van der Waals surface area (Å²) in [6, 6.07) is 14.6. The third kappa shape index (κ3) is 3.36. The fraction of sp³-hybridized carbons (Fsp3) is 0.353. The molecule has 0 bridgehead atoms. The Hall–Kier alpha value is -1.72. The number of benzene rings is 1. The van der Waals surface area contributed by atoms with Gasteiger partial charge in [0, 0.05) is 25.0 Å². The van der Waals surface area contributed by atoms with Crippen LogP contribution >= 0.6 is 0 Å². The van der Waals surface area contributed by atoms with Crippen molar-refractivity contribution in [2.75, 3.05) is 13.1 Å². The van der Waals surface area contributed by atoms with Crippen LogP contribution in [-0.2, 0) is 16.4 Å². The lowest BCUT2D eigenvalue weighted by Crippen LogP contribution is -2.40. The number of rotatable bonds is 4. The van der Waals surface area contributed by atoms with Crippen molar-refractivity contribution in [2.45, 2.75) is 24.2 Å². The first kappa shape index (κ1) is 15.2. The Morgan fingerprint density at radius 3 is 2.59 bits per heavy atom. The van der Waals surface area contributed by atoms with E-state index in [9.17, 15) is 8.42 Å². The van der Waals surface area contributed by atoms with Gasteiger partial charge in [-0.05, 0) is 49.4 Å². The average Bonchev–Trinajstić information content (AvgIpc) is 2.57. The summed E-state index contributed by atoms with van der Waals surface area (Å²) in [6.07, 6.45) is 4.58. The van der Waals surface area contributed by atoms with Crippen LogP contribution in [0.2, 0.25) is 0 Å². The number of sulfonamides is 1. The Labute approximate surface area is 131 Å². The highest BCUT2D eigenvalue weighted by atomic mass is 32.2. The summed E-state index contributed by atoms with van der Waals surface area (Å²) in [5.74, 6) is 0.335. The highest BCUT2D eigenvalue weighted by Crippen LogP contribution is 2.25. The van der Waals surface area contributed by atoms with E-state index in [-0.39, 0.29) is 0 Å². The van der Waals surface area contributed by atoms with Gasteiger partial charge in [0.1, 0.15) is 0 Å². The van der Waals surface area contributed by atoms with Crippen LogP contribution in [0.15, 0.2) is 59.6 Å². The van der Waals surface area contributed by atoms with Gasteiger partial charge in [-0.15, -0.1) is 0 Å². The number of nitrogens with zero attached hydrogens (tertiary/aromatic N) is 2. The lowest BCUT2D eigenvalue weighted by molar-refractivity contribution is 0.264. The Balaban J connectivity index is 1.73. The molecule has 5 heteroatoms. The molecule has 0 aliphatic carbocycles. The molecule has 1 fully saturated rings. The highest BCUT2D eigenvalue weighted by molar-refractivity contribution is 7.89. The first-order valence-corrected chi connectivity index (χ1v) is 9.05. The van der Waals surface area contributed by atoms with Gasteiger partial charge in [0.15, 0.2) is 0 Å². The third-order valence-corrected chi connectivity index (χ3v) is 5.97. The van der Waals surface area contributed by atoms with Crippen molar-refractivity contribution in [1.29, 1.82) is 0 Å². The minimum Gasteiger partial charge on any atom is -0.261 e. The molecule has 0 saturated carbocycles. The van der Waals surface area contributed by atoms with Crippen LogP contribution in [0.5, 0.6) is 0 Å². The second-order valence-electron chi connectivity index (χ2n) is 5.71. The number of hydrogen-bond acceptors (Lipinski definition) is 3. The van der Waals surface area contributed by atoms with Crippen LogP contribution in [-0.4, -0.2) is 30.8 Å². The lowest BCUT2D eigenvalue weighted by Gasteiger charge is -2.31. The first-order chi connectivity index (χ1) is 10.7. The lowest BCUT2D eigenvalue weighted by atomic mass is 9.94. The van der Waals surface area contributed by atoms with E-state index in [1.807, 2.05) is 24.3 Å². The van der Waals surface area contributed by atoms with Crippen LogP contribution in [0.4, 0.5) is 0 Å². The summed E-state index contributed by atoms with van der Waals surface area (Å²) < 4.78 is 27.0. The monoisotopic (exact) mass is 316 g/mol. The fourth-order valence-electron chi connectivity index (χ4n) is 2.97. The molecule has 1 aliphatic heterocycles. The molecule has 0 amide bonds. The van der Waals surface area contributed by atoms with Gasteiger partial charge < -0.3 is 0 Å². The molecule has 0 spiro atoms. The Bertz CT molecular complexity index is 702. The number of piperidine rings is 1. The van der Waals surface area contributed by atoms with Gasteiger partial charge >= 0.3 is 0 Å². The zero-order chi connectivity index (χ0) is 15.4. The average molecular weight is 316 g/mol. The maximum absolute atomic E-state index is 12.7. The maximum Gasteiger partial charge on any atom is 0.243 e. The van der Waals surface area contributed by atoms with Gasteiger partial charge in [-0.2, -0.15) is 4.31 Å². The molecule has 1 aromatic heterocycles. The van der Waals surface area contributed by atoms with Crippen LogP contribution in [0.25, 0.3) is 0 Å². The molecule has 4 nitrogen and oxygen atoms in total. The van der Waals surface area contributed by atoms with Crippen molar-refractivity contribution in [2.24, 2.45) is 5.92 Å². The summed E-state index contributed by atoms with van der Waals surface area (Å²) in [5, 5.41) is 0. The summed E-state index contributed by atoms with van der Waals surface area (Å²) in [6.45, 7) is 1.18. The minimum atomic E-state index is -3.37. The predicted molar refractivity (Wildman–Crippen MR) is 85.9 cm³/mol. The number of aromatic nitrogens is 1. The van der Waals surface area contributed by atoms with E-state index >= 15 is 0 Å². The molecule has 2 heterocycles. The van der Waals surface area contributed by atoms with Crippen molar-refractivity contribution >= 4 is 10.0 Å². The molecule has 116 valence electrons. The first-order valence-electron chi connectivity index (χ1n) is 7.61. The summed E-state index contributed by atoms with van der Waals surface area (Å²) in [4.78, 5) is 4.73. The van der Waals surface area contributed by atoms with Crippen molar-refractivity contribution in [3.05, 3.63) is 60.4 Å². The molecule has 0 unspecified atom stereocenters. The summed E-state index contributed by atoms with van der Waals surface area (Å²) in [7, 11) is -3.37. The molecular weight excluding hydrogens is 296 g/mol. The van der Waals surface area contributed by atoms with Gasteiger partial charge in [-0.25, -0.2) is 8.42 Å². The minimum absolute atomic E-state index is 0.335. The zero-order valence-electron chi connectivity index (χ0n) is 12.4. The quantitative estimate of drug-likeness (QED) is 0.871. The molecule has 1 saturated heterocycles. The van der Waals surface area contributed by atoms with Gasteiger partial charge in [0.25, 0.3) is 0 Å². The van der Waals surface area contributed by atoms with E-state index in [4.69, 9.17) is 0 Å². The standard InChI is InChI=1S/C17H20N2O2S/c20-22(21,17-9-2-1-3-10-17)19-12-6-7-15(14-19)13-16-8-4-5-11-18-16/h1-5,8-11,15H,6-7,12-14H2/t15-/m0/s1. The van der Waals surface area contributed by atoms with Gasteiger partial charge in [0.2, 0.25) is 10.0 Å². The Kier molecular flexibility index (Phi) is 4.55. The molecule has 3 rings (SSSR count). The second-order valence-corrected chi connectivity index (χ2v) is 7.65. The topological polar surface area (TPSA) is 50.3 Å². The van der Waals surface area contributed by atoms with Crippen molar-refractivity contribution in [1.82, 2.24) is 9.29 Å². The van der Waals surface area contributed by atoms with E-state index in [1.165, 1.54) is 0 Å². The summed E-state index contributed by atoms with van der Waals surface area (Å²) >= 11 is 0. The van der Waals surface area contributed by atoms with Crippen LogP contribution in [0.3, 0.4) is 0 Å². The van der Waals surface area contributed by atoms with E-state index in [2.05, 4.69) is 4.98 Å². The van der Waals surface area contributed by atoms with Crippen LogP contribution < -0.4 is 0 Å². The molecule has 22 heavy (non-hydrogen) atoms. The molecule has 1 aliphatic rings. The zero-order valence-corrected chi connectivity index (χ0v) is 13.2. The SMILES string of the molecule is O=S(=O)(c1ccccc1)N1CCC[C@@H](Cc2ccccn2)C1. The molecule has 2 aromatic rings. The molecule has 1 atom stereocenters. The van der Waals surface area contributed by atoms with Gasteiger partial charge in [0.05, 0.1) is 4.90 Å². The second kappa shape index (κ2) is 6.58. The van der Waals surface area contributed by atoms with Gasteiger partial charge in [-0.1, -0.05) is 24.3 Å². The van der Waals surface area contributed by atoms with E-state index in [0.29, 0.717) is 23.9 Å². The number of hydrogen-bond donors (Lipinski definition) is 0. The fourth-order valence-corrected chi connectivity index (χ4v) is 4.54. The van der Waals surface area contributed by atoms with Crippen molar-refractivity contribution < 1.29 is 8.42 Å². The van der Waals surface area contributed by atoms with Crippen LogP contribution in [0.1, 0.15) is 18.5 Å². The Morgan fingerprint density at radius 1 is 1.09 bits per heavy atom. The highest BCUT2D eigenvalue weighted by Gasteiger charge is 2.30. The Morgan fingerprint density at radius 2 is 1.86 bits per heavy atom. The normalized spacial score (nSPS) is 19.9. The van der Waals surface area contributed by atoms with E-state index in [1.54, 1.807) is 34.8 Å². The predicted octanol–water partition coefficient (Wildman–Crippen LogP) is 2.73. The largest absolute Gasteiger partial charge is 0.261 e. The van der Waals surface area contributed by atoms with Crippen LogP contribution in [0, 0.1) is 5.92 Å². The third-order valence-electron chi connectivity index (χ3n) is 4.09. The van der Waals surface area contributed by atoms with Crippen molar-refractivity contribution in [3.63, 3.8) is 0 Å². The molecular formula is C17H20N2O2S. The summed E-state index contributed by atoms with van der Waals surface area (Å²) in [5.41, 5.74) is 1.03. The van der Waals surface area contributed by atoms with Gasteiger partial charge in [-0.3, -0.25) is 4.98 Å². The molecule has 0 N–H and O–H groups in total. The van der Waals surface area contributed by atoms with Crippen molar-refractivity contribution in [3.8, 4) is 0 Å². The smallest absolute Gasteiger partial charge is 0.243 e. The maximum atomic E-state index is 12.7. The molecule has 1 aromatic carbocycles. The van der Waals surface area contributed by atoms with E-state index in [0.717, 1.165) is 25.0 Å². The molecule has 0 radical (unpaired) electrons. The number of pyridine rings is 1. The van der Waals surface area contributed by atoms with E-state index < -0.39 is 10.0 Å².